The van der Waals surface area contributed by atoms with Crippen LogP contribution >= 0.6 is 23.2 Å². The van der Waals surface area contributed by atoms with Gasteiger partial charge in [-0.3, -0.25) is 0 Å². The molecule has 1 rings (SSSR count). The zero-order valence-corrected chi connectivity index (χ0v) is 9.86. The predicted octanol–water partition coefficient (Wildman–Crippen LogP) is 4.00. The van der Waals surface area contributed by atoms with Crippen molar-refractivity contribution in [3.8, 4) is 0 Å². The molecule has 0 bridgehead atoms. The van der Waals surface area contributed by atoms with Crippen LogP contribution < -0.4 is 0 Å². The fraction of sp³-hybridized carbons (Fsp3) is 0.455. The van der Waals surface area contributed by atoms with Gasteiger partial charge in [-0.1, -0.05) is 36.5 Å². The summed E-state index contributed by atoms with van der Waals surface area (Å²) in [4.78, 5) is 0. The summed E-state index contributed by atoms with van der Waals surface area (Å²) in [6.45, 7) is 3.80. The van der Waals surface area contributed by atoms with Crippen LogP contribution in [-0.4, -0.2) is 5.11 Å². The van der Waals surface area contributed by atoms with E-state index in [2.05, 4.69) is 0 Å². The highest BCUT2D eigenvalue weighted by atomic mass is 35.5. The summed E-state index contributed by atoms with van der Waals surface area (Å²) < 4.78 is 0. The molecule has 1 N–H and O–H groups in total. The third-order valence-electron chi connectivity index (χ3n) is 2.22. The van der Waals surface area contributed by atoms with E-state index in [1.165, 1.54) is 0 Å². The zero-order valence-electron chi connectivity index (χ0n) is 8.35. The lowest BCUT2D eigenvalue weighted by Crippen LogP contribution is -2.20. The molecule has 0 aliphatic rings. The zero-order chi connectivity index (χ0) is 10.8. The van der Waals surface area contributed by atoms with E-state index in [1.807, 2.05) is 6.92 Å². The Morgan fingerprint density at radius 1 is 1.21 bits per heavy atom. The third-order valence-corrected chi connectivity index (χ3v) is 2.66. The van der Waals surface area contributed by atoms with Crippen molar-refractivity contribution in [2.75, 3.05) is 0 Å². The minimum absolute atomic E-state index is 0.559. The monoisotopic (exact) mass is 232 g/mol. The quantitative estimate of drug-likeness (QED) is 0.836. The first-order chi connectivity index (χ1) is 6.45. The van der Waals surface area contributed by atoms with E-state index in [-0.39, 0.29) is 0 Å². The van der Waals surface area contributed by atoms with Gasteiger partial charge in [0.25, 0.3) is 0 Å². The van der Waals surface area contributed by atoms with E-state index in [0.717, 1.165) is 12.0 Å². The minimum atomic E-state index is -0.844. The molecule has 1 unspecified atom stereocenters. The maximum absolute atomic E-state index is 10.1. The van der Waals surface area contributed by atoms with Gasteiger partial charge in [0.2, 0.25) is 0 Å². The van der Waals surface area contributed by atoms with E-state index in [1.54, 1.807) is 25.1 Å². The van der Waals surface area contributed by atoms with Crippen molar-refractivity contribution in [1.82, 2.24) is 0 Å². The predicted molar refractivity (Wildman–Crippen MR) is 60.9 cm³/mol. The number of benzene rings is 1. The molecule has 0 radical (unpaired) electrons. The summed E-state index contributed by atoms with van der Waals surface area (Å²) in [5.74, 6) is 0. The van der Waals surface area contributed by atoms with Gasteiger partial charge >= 0.3 is 0 Å². The molecule has 0 aromatic heterocycles. The molecule has 1 nitrogen and oxygen atoms in total. The molecule has 0 fully saturated rings. The Labute approximate surface area is 94.7 Å². The number of hydrogen-bond acceptors (Lipinski definition) is 1. The van der Waals surface area contributed by atoms with Gasteiger partial charge < -0.3 is 5.11 Å². The van der Waals surface area contributed by atoms with Crippen molar-refractivity contribution in [3.63, 3.8) is 0 Å². The highest BCUT2D eigenvalue weighted by Gasteiger charge is 2.22. The smallest absolute Gasteiger partial charge is 0.0869 e. The van der Waals surface area contributed by atoms with Crippen LogP contribution in [0.1, 0.15) is 32.3 Å². The van der Waals surface area contributed by atoms with Crippen LogP contribution in [0.2, 0.25) is 10.0 Å². The van der Waals surface area contributed by atoms with Crippen LogP contribution in [0.15, 0.2) is 18.2 Å². The maximum Gasteiger partial charge on any atom is 0.0869 e. The average Bonchev–Trinajstić information content (AvgIpc) is 2.02. The van der Waals surface area contributed by atoms with E-state index in [9.17, 15) is 5.11 Å². The number of rotatable bonds is 3. The van der Waals surface area contributed by atoms with Crippen LogP contribution in [0.3, 0.4) is 0 Å². The Balaban J connectivity index is 3.05. The lowest BCUT2D eigenvalue weighted by molar-refractivity contribution is 0.0470. The summed E-state index contributed by atoms with van der Waals surface area (Å²) in [5, 5.41) is 11.2. The van der Waals surface area contributed by atoms with Gasteiger partial charge in [-0.25, -0.2) is 0 Å². The van der Waals surface area contributed by atoms with Gasteiger partial charge in [0.1, 0.15) is 0 Å². The van der Waals surface area contributed by atoms with Gasteiger partial charge in [0, 0.05) is 10.0 Å². The van der Waals surface area contributed by atoms with E-state index >= 15 is 0 Å². The Hall–Kier alpha value is -0.240. The van der Waals surface area contributed by atoms with Crippen molar-refractivity contribution in [3.05, 3.63) is 33.8 Å². The standard InChI is InChI=1S/C11H14Cl2O/c1-3-4-11(2,14)8-5-9(12)7-10(13)6-8/h5-7,14H,3-4H2,1-2H3. The highest BCUT2D eigenvalue weighted by Crippen LogP contribution is 2.30. The second-order valence-electron chi connectivity index (χ2n) is 3.68. The number of aliphatic hydroxyl groups is 1. The van der Waals surface area contributed by atoms with Crippen molar-refractivity contribution in [1.29, 1.82) is 0 Å². The first-order valence-corrected chi connectivity index (χ1v) is 5.40. The summed E-state index contributed by atoms with van der Waals surface area (Å²) in [5.41, 5.74) is -0.0691. The molecule has 0 aliphatic carbocycles. The van der Waals surface area contributed by atoms with E-state index in [0.29, 0.717) is 16.5 Å². The molecular formula is C11H14Cl2O. The highest BCUT2D eigenvalue weighted by molar-refractivity contribution is 6.34. The van der Waals surface area contributed by atoms with Gasteiger partial charge in [0.05, 0.1) is 5.60 Å². The summed E-state index contributed by atoms with van der Waals surface area (Å²) in [6, 6.07) is 5.17. The molecule has 0 saturated heterocycles. The lowest BCUT2D eigenvalue weighted by atomic mass is 9.91. The number of hydrogen-bond donors (Lipinski definition) is 1. The Kier molecular flexibility index (Phi) is 3.82. The Morgan fingerprint density at radius 3 is 2.14 bits per heavy atom. The molecule has 78 valence electrons. The van der Waals surface area contributed by atoms with Gasteiger partial charge in [-0.15, -0.1) is 0 Å². The van der Waals surface area contributed by atoms with Crippen molar-refractivity contribution in [2.24, 2.45) is 0 Å². The molecule has 0 saturated carbocycles. The molecule has 1 aromatic rings. The molecule has 3 heteroatoms. The topological polar surface area (TPSA) is 20.2 Å². The minimum Gasteiger partial charge on any atom is -0.385 e. The molecule has 0 amide bonds. The normalized spacial score (nSPS) is 15.2. The molecule has 1 atom stereocenters. The average molecular weight is 233 g/mol. The van der Waals surface area contributed by atoms with Crippen LogP contribution in [0.4, 0.5) is 0 Å². The fourth-order valence-corrected chi connectivity index (χ4v) is 2.02. The second kappa shape index (κ2) is 4.52. The van der Waals surface area contributed by atoms with Crippen LogP contribution in [0, 0.1) is 0 Å². The number of halogens is 2. The van der Waals surface area contributed by atoms with Crippen molar-refractivity contribution in [2.45, 2.75) is 32.3 Å². The molecule has 0 heterocycles. The molecule has 14 heavy (non-hydrogen) atoms. The van der Waals surface area contributed by atoms with Gasteiger partial charge in [0.15, 0.2) is 0 Å². The van der Waals surface area contributed by atoms with Gasteiger partial charge in [-0.2, -0.15) is 0 Å². The SMILES string of the molecule is CCCC(C)(O)c1cc(Cl)cc(Cl)c1. The molecular weight excluding hydrogens is 219 g/mol. The first kappa shape index (κ1) is 11.8. The van der Waals surface area contributed by atoms with E-state index < -0.39 is 5.60 Å². The second-order valence-corrected chi connectivity index (χ2v) is 4.55. The third kappa shape index (κ3) is 2.88. The fourth-order valence-electron chi connectivity index (χ4n) is 1.50. The summed E-state index contributed by atoms with van der Waals surface area (Å²) in [6.07, 6.45) is 1.61. The Morgan fingerprint density at radius 2 is 1.71 bits per heavy atom. The molecule has 0 aliphatic heterocycles. The van der Waals surface area contributed by atoms with Crippen molar-refractivity contribution >= 4 is 23.2 Å². The van der Waals surface area contributed by atoms with E-state index in [4.69, 9.17) is 23.2 Å². The van der Waals surface area contributed by atoms with Crippen molar-refractivity contribution < 1.29 is 5.11 Å². The van der Waals surface area contributed by atoms with Gasteiger partial charge in [-0.05, 0) is 37.1 Å². The first-order valence-electron chi connectivity index (χ1n) is 4.64. The van der Waals surface area contributed by atoms with Crippen LogP contribution in [0.25, 0.3) is 0 Å². The maximum atomic E-state index is 10.1. The molecule has 1 aromatic carbocycles. The van der Waals surface area contributed by atoms with Crippen LogP contribution in [0.5, 0.6) is 0 Å². The largest absolute Gasteiger partial charge is 0.385 e. The lowest BCUT2D eigenvalue weighted by Gasteiger charge is -2.23. The summed E-state index contributed by atoms with van der Waals surface area (Å²) >= 11 is 11.7. The molecule has 0 spiro atoms. The Bertz CT molecular complexity index is 301. The van der Waals surface area contributed by atoms with Crippen LogP contribution in [-0.2, 0) is 5.60 Å². The summed E-state index contributed by atoms with van der Waals surface area (Å²) in [7, 11) is 0.